The molecule has 0 amide bonds. The first kappa shape index (κ1) is 31.1. The van der Waals surface area contributed by atoms with Crippen LogP contribution >= 0.6 is 0 Å². The molecule has 14 heteroatoms. The van der Waals surface area contributed by atoms with Crippen molar-refractivity contribution < 1.29 is 63.5 Å². The van der Waals surface area contributed by atoms with E-state index < -0.39 is 68.5 Å². The molecule has 43 heavy (non-hydrogen) atoms. The van der Waals surface area contributed by atoms with Crippen LogP contribution in [0.2, 0.25) is 0 Å². The second kappa shape index (κ2) is 13.1. The maximum Gasteiger partial charge on any atom is 0.229 e. The minimum absolute atomic E-state index is 0.00784. The van der Waals surface area contributed by atoms with E-state index >= 15 is 0 Å². The zero-order chi connectivity index (χ0) is 30.8. The van der Waals surface area contributed by atoms with E-state index in [0.717, 1.165) is 0 Å². The van der Waals surface area contributed by atoms with Crippen LogP contribution in [0.5, 0.6) is 17.2 Å². The van der Waals surface area contributed by atoms with E-state index in [1.54, 1.807) is 24.3 Å². The molecule has 0 saturated carbocycles. The molecule has 2 aliphatic rings. The SMILES string of the molecule is COc1ccc(-c2coc3cc(OC4OC(COC5OC(CO)C(O)CC5O)C(O)C(O)C4O)c(OC)cc3c2=O)cc1. The summed E-state index contributed by atoms with van der Waals surface area (Å²) < 4.78 is 38.8. The van der Waals surface area contributed by atoms with Crippen molar-refractivity contribution in [2.45, 2.75) is 61.7 Å². The van der Waals surface area contributed by atoms with E-state index in [1.807, 2.05) is 0 Å². The van der Waals surface area contributed by atoms with E-state index in [9.17, 15) is 35.4 Å². The molecule has 0 aliphatic carbocycles. The molecule has 14 nitrogen and oxygen atoms in total. The Morgan fingerprint density at radius 2 is 1.56 bits per heavy atom. The van der Waals surface area contributed by atoms with Gasteiger partial charge in [-0.3, -0.25) is 4.79 Å². The van der Waals surface area contributed by atoms with E-state index in [1.165, 1.54) is 32.6 Å². The topological polar surface area (TPSA) is 207 Å². The van der Waals surface area contributed by atoms with Gasteiger partial charge in [-0.25, -0.2) is 0 Å². The van der Waals surface area contributed by atoms with Gasteiger partial charge < -0.3 is 63.5 Å². The first-order chi connectivity index (χ1) is 20.6. The zero-order valence-corrected chi connectivity index (χ0v) is 23.3. The summed E-state index contributed by atoms with van der Waals surface area (Å²) in [5, 5.41) is 61.3. The Hall–Kier alpha value is -3.31. The Kier molecular flexibility index (Phi) is 9.51. The van der Waals surface area contributed by atoms with Crippen molar-refractivity contribution in [3.8, 4) is 28.4 Å². The molecule has 2 aliphatic heterocycles. The van der Waals surface area contributed by atoms with Gasteiger partial charge in [-0.2, -0.15) is 0 Å². The maximum absolute atomic E-state index is 13.3. The summed E-state index contributed by atoms with van der Waals surface area (Å²) in [7, 11) is 2.89. The van der Waals surface area contributed by atoms with Crippen LogP contribution in [-0.2, 0) is 14.2 Å². The number of hydrogen-bond acceptors (Lipinski definition) is 14. The predicted molar refractivity (Wildman–Crippen MR) is 147 cm³/mol. The van der Waals surface area contributed by atoms with Crippen LogP contribution in [0.15, 0.2) is 51.9 Å². The summed E-state index contributed by atoms with van der Waals surface area (Å²) in [6.45, 7) is -0.924. The average molecular weight is 607 g/mol. The van der Waals surface area contributed by atoms with Crippen molar-refractivity contribution in [1.82, 2.24) is 0 Å². The number of ether oxygens (including phenoxy) is 6. The highest BCUT2D eigenvalue weighted by molar-refractivity contribution is 5.84. The van der Waals surface area contributed by atoms with Gasteiger partial charge >= 0.3 is 0 Å². The molecule has 5 rings (SSSR count). The standard InChI is InChI=1S/C29H34O14/c1-37-14-5-3-13(4-6-14)16-11-39-19-9-21(20(38-2)7-15(19)24(16)33)41-29-27(36)26(35)25(34)23(43-29)12-40-28-18(32)8-17(31)22(10-30)42-28/h3-7,9,11,17-18,22-23,25-32,34-36H,8,10,12H2,1-2H3. The van der Waals surface area contributed by atoms with Gasteiger partial charge in [0, 0.05) is 12.5 Å². The highest BCUT2D eigenvalue weighted by Crippen LogP contribution is 2.35. The normalized spacial score (nSPS) is 31.1. The van der Waals surface area contributed by atoms with Gasteiger partial charge in [-0.15, -0.1) is 0 Å². The summed E-state index contributed by atoms with van der Waals surface area (Å²) in [6.07, 6.45) is -11.2. The van der Waals surface area contributed by atoms with Crippen LogP contribution in [0.25, 0.3) is 22.1 Å². The Morgan fingerprint density at radius 3 is 2.23 bits per heavy atom. The third-order valence-corrected chi connectivity index (χ3v) is 7.51. The van der Waals surface area contributed by atoms with Crippen LogP contribution in [0, 0.1) is 0 Å². The first-order valence-electron chi connectivity index (χ1n) is 13.5. The van der Waals surface area contributed by atoms with Crippen molar-refractivity contribution in [1.29, 1.82) is 0 Å². The minimum atomic E-state index is -1.71. The van der Waals surface area contributed by atoms with Crippen molar-refractivity contribution in [2.75, 3.05) is 27.4 Å². The fourth-order valence-corrected chi connectivity index (χ4v) is 5.00. The summed E-state index contributed by atoms with van der Waals surface area (Å²) in [5.41, 5.74) is 0.741. The van der Waals surface area contributed by atoms with Crippen LogP contribution in [0.4, 0.5) is 0 Å². The second-order valence-electron chi connectivity index (χ2n) is 10.3. The summed E-state index contributed by atoms with van der Waals surface area (Å²) >= 11 is 0. The predicted octanol–water partition coefficient (Wildman–Crippen LogP) is -0.491. The van der Waals surface area contributed by atoms with Crippen molar-refractivity contribution in [2.24, 2.45) is 0 Å². The second-order valence-corrected chi connectivity index (χ2v) is 10.3. The number of aliphatic hydroxyl groups excluding tert-OH is 6. The van der Waals surface area contributed by atoms with Crippen LogP contribution in [0.1, 0.15) is 6.42 Å². The van der Waals surface area contributed by atoms with Gasteiger partial charge in [-0.1, -0.05) is 12.1 Å². The first-order valence-corrected chi connectivity index (χ1v) is 13.5. The van der Waals surface area contributed by atoms with Crippen molar-refractivity contribution in [3.63, 3.8) is 0 Å². The van der Waals surface area contributed by atoms with Crippen LogP contribution < -0.4 is 19.6 Å². The lowest BCUT2D eigenvalue weighted by molar-refractivity contribution is -0.308. The lowest BCUT2D eigenvalue weighted by Crippen LogP contribution is -2.60. The quantitative estimate of drug-likeness (QED) is 0.182. The average Bonchev–Trinajstić information content (AvgIpc) is 3.01. The van der Waals surface area contributed by atoms with Gasteiger partial charge in [-0.05, 0) is 23.8 Å². The fraction of sp³-hybridized carbons (Fsp3) is 0.483. The lowest BCUT2D eigenvalue weighted by Gasteiger charge is -2.41. The molecule has 2 saturated heterocycles. The fourth-order valence-electron chi connectivity index (χ4n) is 5.00. The van der Waals surface area contributed by atoms with Crippen molar-refractivity contribution >= 4 is 11.0 Å². The third kappa shape index (κ3) is 6.33. The Labute approximate surface area is 245 Å². The highest BCUT2D eigenvalue weighted by atomic mass is 16.7. The lowest BCUT2D eigenvalue weighted by atomic mass is 9.99. The van der Waals surface area contributed by atoms with E-state index in [0.29, 0.717) is 16.9 Å². The number of methoxy groups -OCH3 is 2. The summed E-state index contributed by atoms with van der Waals surface area (Å²) in [6, 6.07) is 9.68. The highest BCUT2D eigenvalue weighted by Gasteiger charge is 2.46. The van der Waals surface area contributed by atoms with E-state index in [4.69, 9.17) is 32.8 Å². The number of benzene rings is 2. The molecule has 0 bridgehead atoms. The van der Waals surface area contributed by atoms with Gasteiger partial charge in [0.2, 0.25) is 11.7 Å². The van der Waals surface area contributed by atoms with Crippen molar-refractivity contribution in [3.05, 3.63) is 52.9 Å². The van der Waals surface area contributed by atoms with Crippen LogP contribution in [0.3, 0.4) is 0 Å². The van der Waals surface area contributed by atoms with Gasteiger partial charge in [0.15, 0.2) is 17.8 Å². The summed E-state index contributed by atoms with van der Waals surface area (Å²) in [4.78, 5) is 13.3. The molecule has 6 N–H and O–H groups in total. The van der Waals surface area contributed by atoms with Crippen LogP contribution in [-0.4, -0.2) is 113 Å². The maximum atomic E-state index is 13.3. The van der Waals surface area contributed by atoms with Gasteiger partial charge in [0.25, 0.3) is 0 Å². The third-order valence-electron chi connectivity index (χ3n) is 7.51. The molecule has 1 aromatic heterocycles. The molecule has 3 heterocycles. The molecule has 9 unspecified atom stereocenters. The molecule has 234 valence electrons. The molecular weight excluding hydrogens is 572 g/mol. The molecule has 2 aromatic carbocycles. The molecule has 0 spiro atoms. The Balaban J connectivity index is 1.35. The Bertz CT molecular complexity index is 1440. The largest absolute Gasteiger partial charge is 0.497 e. The number of fused-ring (bicyclic) bond motifs is 1. The van der Waals surface area contributed by atoms with E-state index in [-0.39, 0.29) is 34.3 Å². The number of hydrogen-bond donors (Lipinski definition) is 6. The number of rotatable bonds is 9. The van der Waals surface area contributed by atoms with Gasteiger partial charge in [0.05, 0.1) is 44.5 Å². The number of aliphatic hydroxyl groups is 6. The van der Waals surface area contributed by atoms with Gasteiger partial charge in [0.1, 0.15) is 54.2 Å². The summed E-state index contributed by atoms with van der Waals surface area (Å²) in [5.74, 6) is 0.739. The monoisotopic (exact) mass is 606 g/mol. The Morgan fingerprint density at radius 1 is 0.837 bits per heavy atom. The molecule has 3 aromatic rings. The zero-order valence-electron chi connectivity index (χ0n) is 23.3. The molecule has 9 atom stereocenters. The molecule has 0 radical (unpaired) electrons. The minimum Gasteiger partial charge on any atom is -0.497 e. The molecule has 2 fully saturated rings. The molecular formula is C29H34O14. The smallest absolute Gasteiger partial charge is 0.229 e. The van der Waals surface area contributed by atoms with E-state index in [2.05, 4.69) is 0 Å².